The first-order valence-corrected chi connectivity index (χ1v) is 7.85. The topological polar surface area (TPSA) is 29.3 Å². The average Bonchev–Trinajstić information content (AvgIpc) is 2.41. The molecular weight excluding hydrogens is 256 g/mol. The summed E-state index contributed by atoms with van der Waals surface area (Å²) in [5.41, 5.74) is 8.01. The van der Waals surface area contributed by atoms with Crippen molar-refractivity contribution in [2.45, 2.75) is 39.0 Å². The Bertz CT molecular complexity index is 398. The zero-order valence-corrected chi connectivity index (χ0v) is 12.6. The molecule has 1 aromatic rings. The quantitative estimate of drug-likeness (QED) is 0.887. The maximum Gasteiger partial charge on any atom is 0.0642 e. The summed E-state index contributed by atoms with van der Waals surface area (Å²) in [7, 11) is 0. The van der Waals surface area contributed by atoms with E-state index < -0.39 is 0 Å². The first-order valence-electron chi connectivity index (χ1n) is 7.48. The molecule has 0 unspecified atom stereocenters. The third-order valence-corrected chi connectivity index (χ3v) is 4.40. The highest BCUT2D eigenvalue weighted by Gasteiger charge is 2.20. The summed E-state index contributed by atoms with van der Waals surface area (Å²) < 4.78 is 0. The van der Waals surface area contributed by atoms with Gasteiger partial charge in [0.15, 0.2) is 0 Å². The lowest BCUT2D eigenvalue weighted by atomic mass is 9.92. The van der Waals surface area contributed by atoms with Gasteiger partial charge in [-0.1, -0.05) is 37.4 Å². The lowest BCUT2D eigenvalue weighted by Crippen LogP contribution is -2.33. The maximum absolute atomic E-state index is 6.41. The van der Waals surface area contributed by atoms with E-state index in [-0.39, 0.29) is 0 Å². The minimum atomic E-state index is 0.679. The van der Waals surface area contributed by atoms with Crippen LogP contribution in [0.5, 0.6) is 0 Å². The van der Waals surface area contributed by atoms with Crippen LogP contribution in [0.25, 0.3) is 0 Å². The van der Waals surface area contributed by atoms with Crippen molar-refractivity contribution in [1.82, 2.24) is 0 Å². The van der Waals surface area contributed by atoms with Gasteiger partial charge in [0.25, 0.3) is 0 Å². The van der Waals surface area contributed by atoms with Gasteiger partial charge in [-0.2, -0.15) is 0 Å². The van der Waals surface area contributed by atoms with Crippen LogP contribution in [0, 0.1) is 5.92 Å². The Kier molecular flexibility index (Phi) is 5.53. The highest BCUT2D eigenvalue weighted by atomic mass is 35.5. The Balaban J connectivity index is 1.99. The number of benzene rings is 1. The largest absolute Gasteiger partial charge is 0.370 e. The molecule has 1 fully saturated rings. The smallest absolute Gasteiger partial charge is 0.0642 e. The predicted octanol–water partition coefficient (Wildman–Crippen LogP) is 3.86. The Hall–Kier alpha value is -0.730. The van der Waals surface area contributed by atoms with E-state index in [9.17, 15) is 0 Å². The van der Waals surface area contributed by atoms with Crippen LogP contribution >= 0.6 is 11.6 Å². The molecule has 1 heterocycles. The van der Waals surface area contributed by atoms with Crippen molar-refractivity contribution in [3.8, 4) is 0 Å². The van der Waals surface area contributed by atoms with E-state index in [0.29, 0.717) is 6.54 Å². The van der Waals surface area contributed by atoms with Crippen molar-refractivity contribution in [2.75, 3.05) is 24.5 Å². The van der Waals surface area contributed by atoms with Crippen LogP contribution in [0.3, 0.4) is 0 Å². The second-order valence-electron chi connectivity index (χ2n) is 5.54. The van der Waals surface area contributed by atoms with Crippen LogP contribution in [-0.2, 0) is 6.42 Å². The molecule has 1 aliphatic heterocycles. The second-order valence-corrected chi connectivity index (χ2v) is 5.95. The van der Waals surface area contributed by atoms with Crippen molar-refractivity contribution in [3.63, 3.8) is 0 Å². The minimum Gasteiger partial charge on any atom is -0.370 e. The Morgan fingerprint density at radius 1 is 1.32 bits per heavy atom. The number of piperidine rings is 1. The summed E-state index contributed by atoms with van der Waals surface area (Å²) in [5, 5.41) is 0.875. The van der Waals surface area contributed by atoms with Gasteiger partial charge in [-0.15, -0.1) is 0 Å². The summed E-state index contributed by atoms with van der Waals surface area (Å²) in [6.07, 6.45) is 6.18. The van der Waals surface area contributed by atoms with Gasteiger partial charge in [-0.25, -0.2) is 0 Å². The average molecular weight is 281 g/mol. The van der Waals surface area contributed by atoms with Crippen LogP contribution < -0.4 is 10.6 Å². The van der Waals surface area contributed by atoms with Gasteiger partial charge in [0.1, 0.15) is 0 Å². The molecule has 2 nitrogen and oxygen atoms in total. The number of nitrogens with zero attached hydrogens (tertiary/aromatic N) is 1. The van der Waals surface area contributed by atoms with Crippen molar-refractivity contribution >= 4 is 17.3 Å². The minimum absolute atomic E-state index is 0.679. The summed E-state index contributed by atoms with van der Waals surface area (Å²) in [4.78, 5) is 2.43. The molecule has 3 heteroatoms. The number of rotatable bonds is 5. The summed E-state index contributed by atoms with van der Waals surface area (Å²) in [6, 6.07) is 6.39. The van der Waals surface area contributed by atoms with Gasteiger partial charge in [-0.05, 0) is 49.4 Å². The molecular formula is C16H25ClN2. The van der Waals surface area contributed by atoms with Gasteiger partial charge in [0.05, 0.1) is 10.7 Å². The van der Waals surface area contributed by atoms with Gasteiger partial charge < -0.3 is 10.6 Å². The molecule has 2 rings (SSSR count). The number of hydrogen-bond donors (Lipinski definition) is 1. The number of hydrogen-bond acceptors (Lipinski definition) is 2. The maximum atomic E-state index is 6.41. The predicted molar refractivity (Wildman–Crippen MR) is 84.1 cm³/mol. The van der Waals surface area contributed by atoms with E-state index in [1.807, 2.05) is 0 Å². The normalized spacial score (nSPS) is 16.9. The first-order chi connectivity index (χ1) is 9.24. The fourth-order valence-corrected chi connectivity index (χ4v) is 3.32. The van der Waals surface area contributed by atoms with Crippen LogP contribution in [0.4, 0.5) is 5.69 Å². The number of nitrogens with two attached hydrogens (primary N) is 1. The zero-order valence-electron chi connectivity index (χ0n) is 11.9. The molecule has 106 valence electrons. The summed E-state index contributed by atoms with van der Waals surface area (Å²) in [6.45, 7) is 5.23. The Labute approximate surface area is 121 Å². The van der Waals surface area contributed by atoms with Crippen molar-refractivity contribution in [1.29, 1.82) is 0 Å². The molecule has 0 radical (unpaired) electrons. The van der Waals surface area contributed by atoms with E-state index in [0.717, 1.165) is 30.5 Å². The molecule has 0 spiro atoms. The molecule has 0 bridgehead atoms. The monoisotopic (exact) mass is 280 g/mol. The van der Waals surface area contributed by atoms with Crippen LogP contribution in [0.2, 0.25) is 5.02 Å². The van der Waals surface area contributed by atoms with E-state index in [1.165, 1.54) is 36.9 Å². The van der Waals surface area contributed by atoms with E-state index in [4.69, 9.17) is 17.3 Å². The molecule has 19 heavy (non-hydrogen) atoms. The van der Waals surface area contributed by atoms with E-state index >= 15 is 0 Å². The van der Waals surface area contributed by atoms with Crippen LogP contribution in [0.15, 0.2) is 18.2 Å². The van der Waals surface area contributed by atoms with E-state index in [2.05, 4.69) is 30.0 Å². The highest BCUT2D eigenvalue weighted by molar-refractivity contribution is 6.33. The highest BCUT2D eigenvalue weighted by Crippen LogP contribution is 2.31. The molecule has 0 saturated carbocycles. The van der Waals surface area contributed by atoms with Crippen LogP contribution in [0.1, 0.15) is 38.2 Å². The van der Waals surface area contributed by atoms with Crippen molar-refractivity contribution in [3.05, 3.63) is 28.8 Å². The summed E-state index contributed by atoms with van der Waals surface area (Å²) in [5.74, 6) is 0.913. The fraction of sp³-hybridized carbons (Fsp3) is 0.625. The molecule has 1 aliphatic rings. The van der Waals surface area contributed by atoms with Crippen molar-refractivity contribution in [2.24, 2.45) is 11.7 Å². The molecule has 0 atom stereocenters. The van der Waals surface area contributed by atoms with Gasteiger partial charge in [0.2, 0.25) is 0 Å². The lowest BCUT2D eigenvalue weighted by Gasteiger charge is -2.34. The molecule has 0 aromatic heterocycles. The third-order valence-electron chi connectivity index (χ3n) is 4.10. The van der Waals surface area contributed by atoms with Gasteiger partial charge >= 0.3 is 0 Å². The molecule has 0 aliphatic carbocycles. The van der Waals surface area contributed by atoms with Gasteiger partial charge in [0, 0.05) is 13.1 Å². The van der Waals surface area contributed by atoms with E-state index in [1.54, 1.807) is 0 Å². The Morgan fingerprint density at radius 3 is 2.63 bits per heavy atom. The zero-order chi connectivity index (χ0) is 13.7. The standard InChI is InChI=1S/C16H25ClN2/c1-2-3-13-7-10-19(11-8-13)16-5-4-14(6-9-18)12-15(16)17/h4-5,12-13H,2-3,6-11,18H2,1H3. The molecule has 1 aromatic carbocycles. The SMILES string of the molecule is CCCC1CCN(c2ccc(CCN)cc2Cl)CC1. The fourth-order valence-electron chi connectivity index (χ4n) is 3.00. The summed E-state index contributed by atoms with van der Waals surface area (Å²) >= 11 is 6.41. The third kappa shape index (κ3) is 3.87. The Morgan fingerprint density at radius 2 is 2.05 bits per heavy atom. The van der Waals surface area contributed by atoms with Crippen LogP contribution in [-0.4, -0.2) is 19.6 Å². The number of anilines is 1. The van der Waals surface area contributed by atoms with Crippen molar-refractivity contribution < 1.29 is 0 Å². The van der Waals surface area contributed by atoms with Gasteiger partial charge in [-0.3, -0.25) is 0 Å². The first kappa shape index (κ1) is 14.7. The molecule has 0 amide bonds. The number of halogens is 1. The molecule has 2 N–H and O–H groups in total. The lowest BCUT2D eigenvalue weighted by molar-refractivity contribution is 0.378. The second kappa shape index (κ2) is 7.16. The molecule has 1 saturated heterocycles.